The molecule has 2 saturated heterocycles. The number of anilines is 1. The summed E-state index contributed by atoms with van der Waals surface area (Å²) < 4.78 is 37.6. The lowest BCUT2D eigenvalue weighted by Crippen LogP contribution is -2.51. The number of benzene rings is 3. The summed E-state index contributed by atoms with van der Waals surface area (Å²) in [5.74, 6) is 0.309. The molecular weight excluding hydrogens is 711 g/mol. The van der Waals surface area contributed by atoms with Gasteiger partial charge in [0.25, 0.3) is 15.6 Å². The molecule has 2 unspecified atom stereocenters. The first-order valence-corrected chi connectivity index (χ1v) is 18.9. The van der Waals surface area contributed by atoms with Crippen molar-refractivity contribution in [2.45, 2.75) is 23.5 Å². The molecule has 11 nitrogen and oxygen atoms in total. The van der Waals surface area contributed by atoms with E-state index in [1.165, 1.54) is 22.5 Å². The van der Waals surface area contributed by atoms with Gasteiger partial charge in [-0.2, -0.15) is 5.26 Å². The number of morpholine rings is 1. The third kappa shape index (κ3) is 7.15. The van der Waals surface area contributed by atoms with E-state index in [1.54, 1.807) is 59.2 Å². The average Bonchev–Trinajstić information content (AvgIpc) is 3.51. The van der Waals surface area contributed by atoms with Crippen LogP contribution >= 0.6 is 23.2 Å². The SMILES string of the molecule is N#Cc1cccc(S(=O)(=O)N2c3ccc(CN4CCN(CC(=O)N5CCOCC5)CC4)c(=O)n3C(c3ccc(Cl)cc3)C2c2ccc(Cl)cc2)c1. The van der Waals surface area contributed by atoms with Crippen LogP contribution in [0.4, 0.5) is 5.82 Å². The lowest BCUT2D eigenvalue weighted by molar-refractivity contribution is -0.136. The van der Waals surface area contributed by atoms with Crippen molar-refractivity contribution >= 4 is 45.0 Å². The fourth-order valence-electron chi connectivity index (χ4n) is 7.10. The Kier molecular flexibility index (Phi) is 10.2. The summed E-state index contributed by atoms with van der Waals surface area (Å²) in [5.41, 5.74) is 1.75. The zero-order chi connectivity index (χ0) is 35.7. The van der Waals surface area contributed by atoms with Gasteiger partial charge >= 0.3 is 0 Å². The van der Waals surface area contributed by atoms with E-state index >= 15 is 0 Å². The van der Waals surface area contributed by atoms with E-state index in [9.17, 15) is 23.3 Å². The number of nitriles is 1. The van der Waals surface area contributed by atoms with Gasteiger partial charge in [-0.1, -0.05) is 53.5 Å². The molecule has 0 spiro atoms. The molecule has 2 fully saturated rings. The molecule has 51 heavy (non-hydrogen) atoms. The van der Waals surface area contributed by atoms with E-state index in [4.69, 9.17) is 27.9 Å². The number of carbonyl (C=O) groups is 1. The summed E-state index contributed by atoms with van der Waals surface area (Å²) in [6.07, 6.45) is 0. The van der Waals surface area contributed by atoms with Crippen LogP contribution in [0.5, 0.6) is 0 Å². The van der Waals surface area contributed by atoms with Crippen molar-refractivity contribution < 1.29 is 17.9 Å². The van der Waals surface area contributed by atoms with Crippen LogP contribution in [0.25, 0.3) is 0 Å². The fraction of sp³-hybridized carbons (Fsp3) is 0.324. The molecule has 0 N–H and O–H groups in total. The molecule has 3 aliphatic rings. The summed E-state index contributed by atoms with van der Waals surface area (Å²) in [6.45, 7) is 5.77. The number of rotatable bonds is 8. The van der Waals surface area contributed by atoms with Gasteiger partial charge in [-0.05, 0) is 65.7 Å². The summed E-state index contributed by atoms with van der Waals surface area (Å²) in [6, 6.07) is 23.7. The van der Waals surface area contributed by atoms with Crippen molar-refractivity contribution in [2.75, 3.05) is 63.3 Å². The second-order valence-corrected chi connectivity index (χ2v) is 15.6. The smallest absolute Gasteiger partial charge is 0.266 e. The van der Waals surface area contributed by atoms with Crippen molar-refractivity contribution in [1.29, 1.82) is 5.26 Å². The molecule has 7 rings (SSSR count). The number of hydrogen-bond acceptors (Lipinski definition) is 8. The van der Waals surface area contributed by atoms with Crippen molar-refractivity contribution in [3.63, 3.8) is 0 Å². The number of piperazine rings is 1. The van der Waals surface area contributed by atoms with Gasteiger partial charge in [-0.3, -0.25) is 24.0 Å². The van der Waals surface area contributed by atoms with Crippen LogP contribution < -0.4 is 9.86 Å². The third-order valence-corrected chi connectivity index (χ3v) is 12.0. The van der Waals surface area contributed by atoms with Crippen LogP contribution in [0.3, 0.4) is 0 Å². The molecule has 0 saturated carbocycles. The Morgan fingerprint density at radius 1 is 0.804 bits per heavy atom. The van der Waals surface area contributed by atoms with E-state index in [0.717, 1.165) is 0 Å². The topological polar surface area (TPSA) is 119 Å². The molecule has 0 radical (unpaired) electrons. The molecule has 1 amide bonds. The molecule has 4 heterocycles. The summed E-state index contributed by atoms with van der Waals surface area (Å²) in [4.78, 5) is 33.6. The molecule has 4 aromatic rings. The Hall–Kier alpha value is -4.22. The first kappa shape index (κ1) is 35.2. The molecule has 1 aromatic heterocycles. The minimum absolute atomic E-state index is 0.0645. The van der Waals surface area contributed by atoms with E-state index in [1.807, 2.05) is 23.1 Å². The van der Waals surface area contributed by atoms with E-state index in [-0.39, 0.29) is 27.7 Å². The maximum Gasteiger partial charge on any atom is 0.266 e. The Balaban J connectivity index is 1.25. The Morgan fingerprint density at radius 2 is 1.41 bits per heavy atom. The van der Waals surface area contributed by atoms with Crippen LogP contribution in [-0.2, 0) is 26.1 Å². The number of carbonyl (C=O) groups excluding carboxylic acids is 1. The van der Waals surface area contributed by atoms with Gasteiger partial charge in [-0.25, -0.2) is 12.7 Å². The zero-order valence-corrected chi connectivity index (χ0v) is 30.0. The molecule has 0 aliphatic carbocycles. The van der Waals surface area contributed by atoms with Gasteiger partial charge in [0.1, 0.15) is 5.82 Å². The lowest BCUT2D eigenvalue weighted by atomic mass is 9.94. The zero-order valence-electron chi connectivity index (χ0n) is 27.7. The van der Waals surface area contributed by atoms with Gasteiger partial charge < -0.3 is 9.64 Å². The van der Waals surface area contributed by atoms with Crippen LogP contribution in [0, 0.1) is 11.3 Å². The standard InChI is InChI=1S/C37H36Cl2N6O5S/c38-30-9-4-27(5-10-30)35-36(28-6-11-31(39)12-7-28)45(51(48,49)32-3-1-2-26(22-32)23-40)33-13-8-29(37(47)44(33)35)24-41-14-16-42(17-15-41)25-34(46)43-18-20-50-21-19-43/h1-13,22,35-36H,14-21,24-25H2. The second-order valence-electron chi connectivity index (χ2n) is 12.9. The Morgan fingerprint density at radius 3 is 2.04 bits per heavy atom. The molecular formula is C37H36Cl2N6O5S. The summed E-state index contributed by atoms with van der Waals surface area (Å²) in [7, 11) is -4.31. The Bertz CT molecular complexity index is 2120. The summed E-state index contributed by atoms with van der Waals surface area (Å²) >= 11 is 12.6. The normalized spacial score (nSPS) is 19.9. The van der Waals surface area contributed by atoms with Crippen LogP contribution in [0.15, 0.2) is 94.6 Å². The summed E-state index contributed by atoms with van der Waals surface area (Å²) in [5, 5.41) is 10.6. The average molecular weight is 748 g/mol. The fourth-order valence-corrected chi connectivity index (χ4v) is 9.03. The predicted molar refractivity (Wildman–Crippen MR) is 194 cm³/mol. The number of sulfonamides is 1. The predicted octanol–water partition coefficient (Wildman–Crippen LogP) is 4.54. The first-order valence-electron chi connectivity index (χ1n) is 16.7. The highest BCUT2D eigenvalue weighted by atomic mass is 35.5. The number of ether oxygens (including phenoxy) is 1. The minimum Gasteiger partial charge on any atom is -0.378 e. The molecule has 2 atom stereocenters. The Labute approximate surface area is 306 Å². The van der Waals surface area contributed by atoms with Gasteiger partial charge in [0, 0.05) is 61.4 Å². The molecule has 3 aromatic carbocycles. The van der Waals surface area contributed by atoms with Crippen molar-refractivity contribution in [1.82, 2.24) is 19.3 Å². The monoisotopic (exact) mass is 746 g/mol. The highest BCUT2D eigenvalue weighted by molar-refractivity contribution is 7.92. The number of aromatic nitrogens is 1. The maximum atomic E-state index is 14.7. The molecule has 264 valence electrons. The maximum absolute atomic E-state index is 14.7. The number of halogens is 2. The molecule has 0 bridgehead atoms. The third-order valence-electron chi connectivity index (χ3n) is 9.75. The number of fused-ring (bicyclic) bond motifs is 1. The van der Waals surface area contributed by atoms with Gasteiger partial charge in [0.15, 0.2) is 0 Å². The van der Waals surface area contributed by atoms with Crippen molar-refractivity contribution in [3.05, 3.63) is 128 Å². The van der Waals surface area contributed by atoms with E-state index in [2.05, 4.69) is 9.80 Å². The quantitative estimate of drug-likeness (QED) is 0.258. The van der Waals surface area contributed by atoms with Gasteiger partial charge in [0.2, 0.25) is 5.91 Å². The number of nitrogens with zero attached hydrogens (tertiary/aromatic N) is 6. The highest BCUT2D eigenvalue weighted by Gasteiger charge is 2.47. The van der Waals surface area contributed by atoms with E-state index < -0.39 is 22.1 Å². The minimum atomic E-state index is -4.31. The van der Waals surface area contributed by atoms with Crippen LogP contribution in [0.2, 0.25) is 10.0 Å². The lowest BCUT2D eigenvalue weighted by Gasteiger charge is -2.36. The van der Waals surface area contributed by atoms with Crippen molar-refractivity contribution in [2.24, 2.45) is 0 Å². The number of pyridine rings is 1. The van der Waals surface area contributed by atoms with Crippen molar-refractivity contribution in [3.8, 4) is 6.07 Å². The number of amides is 1. The second kappa shape index (κ2) is 14.8. The molecule has 14 heteroatoms. The highest BCUT2D eigenvalue weighted by Crippen LogP contribution is 2.49. The number of hydrogen-bond donors (Lipinski definition) is 0. The molecule has 3 aliphatic heterocycles. The van der Waals surface area contributed by atoms with Crippen LogP contribution in [-0.4, -0.2) is 92.6 Å². The first-order chi connectivity index (χ1) is 24.6. The van der Waals surface area contributed by atoms with Gasteiger partial charge in [-0.15, -0.1) is 0 Å². The van der Waals surface area contributed by atoms with Gasteiger partial charge in [0.05, 0.1) is 48.4 Å². The largest absolute Gasteiger partial charge is 0.378 e. The van der Waals surface area contributed by atoms with Crippen LogP contribution in [0.1, 0.15) is 34.3 Å². The van der Waals surface area contributed by atoms with E-state index in [0.29, 0.717) is 92.3 Å².